The summed E-state index contributed by atoms with van der Waals surface area (Å²) in [6.07, 6.45) is 0. The quantitative estimate of drug-likeness (QED) is 0.813. The molecule has 0 fully saturated rings. The fourth-order valence-corrected chi connectivity index (χ4v) is 1.52. The molecule has 0 bridgehead atoms. The van der Waals surface area contributed by atoms with E-state index < -0.39 is 11.7 Å². The highest BCUT2D eigenvalue weighted by Gasteiger charge is 2.15. The van der Waals surface area contributed by atoms with E-state index in [4.69, 9.17) is 5.73 Å². The number of amides is 1. The van der Waals surface area contributed by atoms with Gasteiger partial charge in [0.1, 0.15) is 11.6 Å². The second-order valence-electron chi connectivity index (χ2n) is 4.24. The van der Waals surface area contributed by atoms with Gasteiger partial charge < -0.3 is 10.8 Å². The number of aromatic hydroxyl groups is 1. The number of phenols is 1. The van der Waals surface area contributed by atoms with Crippen molar-refractivity contribution in [2.24, 2.45) is 5.73 Å². The van der Waals surface area contributed by atoms with Gasteiger partial charge >= 0.3 is 0 Å². The normalized spacial score (nSPS) is 11.1. The average molecular weight is 240 g/mol. The molecule has 0 atom stereocenters. The molecule has 0 aliphatic heterocycles. The zero-order valence-electron chi connectivity index (χ0n) is 9.98. The number of nitrogens with two attached hydrogens (primary N) is 1. The van der Waals surface area contributed by atoms with E-state index in [1.165, 1.54) is 18.2 Å². The minimum atomic E-state index is -0.449. The molecule has 4 nitrogen and oxygen atoms in total. The topological polar surface area (TPSA) is 66.6 Å². The third kappa shape index (κ3) is 4.03. The molecule has 1 amide bonds. The molecule has 1 aromatic carbocycles. The van der Waals surface area contributed by atoms with E-state index in [0.29, 0.717) is 5.56 Å². The summed E-state index contributed by atoms with van der Waals surface area (Å²) in [5, 5.41) is 9.59. The molecule has 0 heterocycles. The van der Waals surface area contributed by atoms with Crippen molar-refractivity contribution in [3.05, 3.63) is 29.6 Å². The fourth-order valence-electron chi connectivity index (χ4n) is 1.52. The molecule has 5 heteroatoms. The van der Waals surface area contributed by atoms with Crippen molar-refractivity contribution < 1.29 is 14.3 Å². The summed E-state index contributed by atoms with van der Waals surface area (Å²) in [4.78, 5) is 12.7. The van der Waals surface area contributed by atoms with Gasteiger partial charge in [0.15, 0.2) is 0 Å². The van der Waals surface area contributed by atoms with Gasteiger partial charge in [0.05, 0.1) is 6.54 Å². The number of carbonyl (C=O) groups excluding carboxylic acids is 1. The van der Waals surface area contributed by atoms with Crippen molar-refractivity contribution in [2.75, 3.05) is 6.54 Å². The Morgan fingerprint density at radius 1 is 1.53 bits per heavy atom. The summed E-state index contributed by atoms with van der Waals surface area (Å²) in [6, 6.07) is 3.82. The van der Waals surface area contributed by atoms with Crippen molar-refractivity contribution in [1.29, 1.82) is 0 Å². The van der Waals surface area contributed by atoms with Crippen molar-refractivity contribution >= 4 is 5.91 Å². The van der Waals surface area contributed by atoms with Gasteiger partial charge in [-0.05, 0) is 32.0 Å². The van der Waals surface area contributed by atoms with Gasteiger partial charge in [0.25, 0.3) is 0 Å². The highest BCUT2D eigenvalue weighted by Crippen LogP contribution is 2.20. The maximum absolute atomic E-state index is 13.0. The Morgan fingerprint density at radius 2 is 2.18 bits per heavy atom. The molecule has 0 aromatic heterocycles. The van der Waals surface area contributed by atoms with Crippen LogP contribution in [0, 0.1) is 5.82 Å². The van der Waals surface area contributed by atoms with Crippen LogP contribution in [-0.4, -0.2) is 28.5 Å². The Kier molecular flexibility index (Phi) is 4.45. The molecule has 1 rings (SSSR count). The predicted octanol–water partition coefficient (Wildman–Crippen LogP) is 1.23. The van der Waals surface area contributed by atoms with E-state index >= 15 is 0 Å². The van der Waals surface area contributed by atoms with Crippen molar-refractivity contribution in [1.82, 2.24) is 4.90 Å². The highest BCUT2D eigenvalue weighted by atomic mass is 19.1. The van der Waals surface area contributed by atoms with Crippen LogP contribution in [0.1, 0.15) is 19.4 Å². The minimum Gasteiger partial charge on any atom is -0.508 e. The number of carbonyl (C=O) groups is 1. The molecule has 3 N–H and O–H groups in total. The van der Waals surface area contributed by atoms with E-state index in [9.17, 15) is 14.3 Å². The van der Waals surface area contributed by atoms with Crippen LogP contribution in [0.5, 0.6) is 5.75 Å². The number of phenolic OH excluding ortho intramolecular Hbond substituents is 1. The molecule has 0 saturated heterocycles. The Balaban J connectivity index is 2.85. The first kappa shape index (κ1) is 13.4. The van der Waals surface area contributed by atoms with Crippen LogP contribution in [0.3, 0.4) is 0 Å². The number of hydrogen-bond donors (Lipinski definition) is 2. The molecule has 94 valence electrons. The monoisotopic (exact) mass is 240 g/mol. The number of halogens is 1. The lowest BCUT2D eigenvalue weighted by Gasteiger charge is -2.25. The minimum absolute atomic E-state index is 0.0153. The Morgan fingerprint density at radius 3 is 2.71 bits per heavy atom. The van der Waals surface area contributed by atoms with Gasteiger partial charge in [0.2, 0.25) is 5.91 Å². The van der Waals surface area contributed by atoms with Crippen LogP contribution < -0.4 is 5.73 Å². The lowest BCUT2D eigenvalue weighted by atomic mass is 10.1. The van der Waals surface area contributed by atoms with Gasteiger partial charge in [-0.15, -0.1) is 0 Å². The van der Waals surface area contributed by atoms with E-state index in [0.717, 1.165) is 0 Å². The van der Waals surface area contributed by atoms with E-state index in [1.54, 1.807) is 4.90 Å². The Bertz CT molecular complexity index is 407. The van der Waals surface area contributed by atoms with Crippen LogP contribution in [0.4, 0.5) is 4.39 Å². The van der Waals surface area contributed by atoms with Crippen LogP contribution >= 0.6 is 0 Å². The summed E-state index contributed by atoms with van der Waals surface area (Å²) >= 11 is 0. The number of benzene rings is 1. The molecule has 1 aromatic rings. The molecule has 0 aliphatic carbocycles. The first-order chi connectivity index (χ1) is 7.90. The van der Waals surface area contributed by atoms with Crippen LogP contribution in [0.2, 0.25) is 0 Å². The molecule has 0 aliphatic rings. The fraction of sp³-hybridized carbons (Fsp3) is 0.417. The maximum atomic E-state index is 13.0. The number of rotatable bonds is 5. The first-order valence-corrected chi connectivity index (χ1v) is 5.40. The standard InChI is InChI=1S/C12H17FN2O2/c1-8(2)15(7-12(14)17)6-9-5-10(13)3-4-11(9)16/h3-5,8,16H,6-7H2,1-2H3,(H2,14,17). The van der Waals surface area contributed by atoms with Gasteiger partial charge in [-0.25, -0.2) is 4.39 Å². The average Bonchev–Trinajstić information content (AvgIpc) is 2.21. The lowest BCUT2D eigenvalue weighted by Crippen LogP contribution is -2.38. The molecular formula is C12H17FN2O2. The number of hydrogen-bond acceptors (Lipinski definition) is 3. The van der Waals surface area contributed by atoms with E-state index in [1.807, 2.05) is 13.8 Å². The maximum Gasteiger partial charge on any atom is 0.231 e. The van der Waals surface area contributed by atoms with Crippen molar-refractivity contribution in [3.63, 3.8) is 0 Å². The summed E-state index contributed by atoms with van der Waals surface area (Å²) in [7, 11) is 0. The van der Waals surface area contributed by atoms with Crippen molar-refractivity contribution in [3.8, 4) is 5.75 Å². The van der Waals surface area contributed by atoms with Crippen LogP contribution in [0.15, 0.2) is 18.2 Å². The van der Waals surface area contributed by atoms with E-state index in [-0.39, 0.29) is 24.9 Å². The molecular weight excluding hydrogens is 223 g/mol. The zero-order valence-corrected chi connectivity index (χ0v) is 9.98. The summed E-state index contributed by atoms with van der Waals surface area (Å²) in [6.45, 7) is 4.16. The Hall–Kier alpha value is -1.62. The molecule has 0 saturated carbocycles. The number of primary amides is 1. The third-order valence-corrected chi connectivity index (χ3v) is 2.50. The zero-order chi connectivity index (χ0) is 13.0. The SMILES string of the molecule is CC(C)N(CC(N)=O)Cc1cc(F)ccc1O. The largest absolute Gasteiger partial charge is 0.508 e. The summed E-state index contributed by atoms with van der Waals surface area (Å²) in [5.41, 5.74) is 5.58. The van der Waals surface area contributed by atoms with Crippen LogP contribution in [-0.2, 0) is 11.3 Å². The predicted molar refractivity (Wildman–Crippen MR) is 62.8 cm³/mol. The molecule has 17 heavy (non-hydrogen) atoms. The third-order valence-electron chi connectivity index (χ3n) is 2.50. The summed E-state index contributed by atoms with van der Waals surface area (Å²) in [5.74, 6) is -0.850. The smallest absolute Gasteiger partial charge is 0.231 e. The molecule has 0 spiro atoms. The first-order valence-electron chi connectivity index (χ1n) is 5.40. The second kappa shape index (κ2) is 5.63. The van der Waals surface area contributed by atoms with Gasteiger partial charge in [-0.1, -0.05) is 0 Å². The molecule has 0 unspecified atom stereocenters. The second-order valence-corrected chi connectivity index (χ2v) is 4.24. The summed E-state index contributed by atoms with van der Waals surface area (Å²) < 4.78 is 13.0. The van der Waals surface area contributed by atoms with Gasteiger partial charge in [-0.2, -0.15) is 0 Å². The highest BCUT2D eigenvalue weighted by molar-refractivity contribution is 5.75. The van der Waals surface area contributed by atoms with E-state index in [2.05, 4.69) is 0 Å². The van der Waals surface area contributed by atoms with Crippen LogP contribution in [0.25, 0.3) is 0 Å². The molecule has 0 radical (unpaired) electrons. The van der Waals surface area contributed by atoms with Gasteiger partial charge in [0, 0.05) is 18.2 Å². The lowest BCUT2D eigenvalue weighted by molar-refractivity contribution is -0.119. The van der Waals surface area contributed by atoms with Crippen molar-refractivity contribution in [2.45, 2.75) is 26.4 Å². The van der Waals surface area contributed by atoms with Gasteiger partial charge in [-0.3, -0.25) is 9.69 Å². The Labute approximate surface area is 99.8 Å². The number of nitrogens with zero attached hydrogens (tertiary/aromatic N) is 1.